The van der Waals surface area contributed by atoms with Gasteiger partial charge in [-0.2, -0.15) is 9.49 Å². The quantitative estimate of drug-likeness (QED) is 0.592. The molecule has 0 saturated heterocycles. The Kier molecular flexibility index (Phi) is 4.52. The molecule has 0 radical (unpaired) electrons. The number of hydrogen-bond donors (Lipinski definition) is 0. The molecule has 2 aromatic carbocycles. The van der Waals surface area contributed by atoms with Crippen LogP contribution in [0.4, 0.5) is 8.78 Å². The fourth-order valence-corrected chi connectivity index (χ4v) is 3.10. The molecule has 120 valence electrons. The van der Waals surface area contributed by atoms with Gasteiger partial charge in [0.25, 0.3) is 0 Å². The molecule has 0 atom stereocenters. The number of ether oxygens (including phenoxy) is 2. The van der Waals surface area contributed by atoms with Crippen LogP contribution in [-0.2, 0) is 4.74 Å². The lowest BCUT2D eigenvalue weighted by molar-refractivity contribution is 0.0478. The molecule has 3 aromatic rings. The summed E-state index contributed by atoms with van der Waals surface area (Å²) >= 11 is 9.59. The van der Waals surface area contributed by atoms with Crippen molar-refractivity contribution in [1.82, 2.24) is 9.78 Å². The SMILES string of the molecule is COCOc1cc(-n2ncc3cc(Br)cc(Cl)c32)cc(F)c1F. The molecule has 23 heavy (non-hydrogen) atoms. The summed E-state index contributed by atoms with van der Waals surface area (Å²) < 4.78 is 39.6. The molecule has 0 unspecified atom stereocenters. The molecule has 0 N–H and O–H groups in total. The van der Waals surface area contributed by atoms with Crippen LogP contribution in [0.15, 0.2) is 34.9 Å². The van der Waals surface area contributed by atoms with Crippen molar-refractivity contribution >= 4 is 38.4 Å². The van der Waals surface area contributed by atoms with E-state index in [2.05, 4.69) is 21.0 Å². The Labute approximate surface area is 143 Å². The van der Waals surface area contributed by atoms with Gasteiger partial charge in [-0.1, -0.05) is 27.5 Å². The summed E-state index contributed by atoms with van der Waals surface area (Å²) in [6, 6.07) is 5.89. The number of aromatic nitrogens is 2. The molecule has 0 amide bonds. The van der Waals surface area contributed by atoms with Gasteiger partial charge in [-0.05, 0) is 12.1 Å². The first-order valence-electron chi connectivity index (χ1n) is 6.45. The van der Waals surface area contributed by atoms with Crippen LogP contribution in [0, 0.1) is 11.6 Å². The maximum atomic E-state index is 13.8. The summed E-state index contributed by atoms with van der Waals surface area (Å²) in [5.74, 6) is -2.40. The Morgan fingerprint density at radius 1 is 1.26 bits per heavy atom. The molecule has 0 saturated carbocycles. The van der Waals surface area contributed by atoms with E-state index in [0.717, 1.165) is 15.9 Å². The second kappa shape index (κ2) is 6.43. The van der Waals surface area contributed by atoms with E-state index in [-0.39, 0.29) is 18.2 Å². The summed E-state index contributed by atoms with van der Waals surface area (Å²) in [6.45, 7) is -0.201. The summed E-state index contributed by atoms with van der Waals surface area (Å²) in [5.41, 5.74) is 0.868. The van der Waals surface area contributed by atoms with Crippen LogP contribution >= 0.6 is 27.5 Å². The van der Waals surface area contributed by atoms with Gasteiger partial charge in [0.1, 0.15) is 0 Å². The highest BCUT2D eigenvalue weighted by molar-refractivity contribution is 9.10. The molecule has 4 nitrogen and oxygen atoms in total. The Hall–Kier alpha value is -1.70. The highest BCUT2D eigenvalue weighted by atomic mass is 79.9. The van der Waals surface area contributed by atoms with E-state index in [9.17, 15) is 8.78 Å². The summed E-state index contributed by atoms with van der Waals surface area (Å²) in [5, 5.41) is 5.38. The normalized spacial score (nSPS) is 11.2. The smallest absolute Gasteiger partial charge is 0.200 e. The van der Waals surface area contributed by atoms with E-state index >= 15 is 0 Å². The number of hydrogen-bond acceptors (Lipinski definition) is 3. The summed E-state index contributed by atoms with van der Waals surface area (Å²) in [4.78, 5) is 0. The molecule has 1 aromatic heterocycles. The third kappa shape index (κ3) is 3.04. The lowest BCUT2D eigenvalue weighted by atomic mass is 10.2. The molecule has 8 heteroatoms. The average molecular weight is 404 g/mol. The Balaban J connectivity index is 2.17. The van der Waals surface area contributed by atoms with Crippen LogP contribution in [-0.4, -0.2) is 23.7 Å². The molecule has 0 fully saturated rings. The van der Waals surface area contributed by atoms with Crippen molar-refractivity contribution in [3.63, 3.8) is 0 Å². The molecule has 0 spiro atoms. The lowest BCUT2D eigenvalue weighted by Crippen LogP contribution is -2.05. The van der Waals surface area contributed by atoms with Gasteiger partial charge < -0.3 is 9.47 Å². The van der Waals surface area contributed by atoms with E-state index in [0.29, 0.717) is 10.5 Å². The molecular formula is C15H10BrClF2N2O2. The van der Waals surface area contributed by atoms with E-state index in [4.69, 9.17) is 21.1 Å². The largest absolute Gasteiger partial charge is 0.464 e. The molecule has 1 heterocycles. The zero-order valence-electron chi connectivity index (χ0n) is 11.8. The van der Waals surface area contributed by atoms with Crippen molar-refractivity contribution in [1.29, 1.82) is 0 Å². The molecule has 0 bridgehead atoms. The predicted molar refractivity (Wildman–Crippen MR) is 86.2 cm³/mol. The third-order valence-electron chi connectivity index (χ3n) is 3.14. The van der Waals surface area contributed by atoms with Crippen LogP contribution in [0.25, 0.3) is 16.6 Å². The minimum atomic E-state index is -1.09. The van der Waals surface area contributed by atoms with E-state index in [1.165, 1.54) is 17.9 Å². The molecule has 0 aliphatic carbocycles. The van der Waals surface area contributed by atoms with Gasteiger partial charge in [0, 0.05) is 29.1 Å². The number of methoxy groups -OCH3 is 1. The minimum absolute atomic E-state index is 0.201. The minimum Gasteiger partial charge on any atom is -0.464 e. The third-order valence-corrected chi connectivity index (χ3v) is 3.88. The fraction of sp³-hybridized carbons (Fsp3) is 0.133. The Morgan fingerprint density at radius 2 is 2.04 bits per heavy atom. The van der Waals surface area contributed by atoms with Crippen LogP contribution in [0.2, 0.25) is 5.02 Å². The first-order chi connectivity index (χ1) is 11.0. The molecule has 0 aliphatic rings. The van der Waals surface area contributed by atoms with Crippen molar-refractivity contribution in [2.75, 3.05) is 13.9 Å². The van der Waals surface area contributed by atoms with Crippen molar-refractivity contribution in [3.05, 3.63) is 51.6 Å². The van der Waals surface area contributed by atoms with Gasteiger partial charge >= 0.3 is 0 Å². The van der Waals surface area contributed by atoms with Crippen LogP contribution in [0.3, 0.4) is 0 Å². The molecule has 0 aliphatic heterocycles. The van der Waals surface area contributed by atoms with E-state index < -0.39 is 11.6 Å². The van der Waals surface area contributed by atoms with Crippen LogP contribution in [0.1, 0.15) is 0 Å². The Morgan fingerprint density at radius 3 is 2.78 bits per heavy atom. The summed E-state index contributed by atoms with van der Waals surface area (Å²) in [6.07, 6.45) is 1.59. The van der Waals surface area contributed by atoms with Gasteiger partial charge in [0.05, 0.1) is 22.4 Å². The zero-order chi connectivity index (χ0) is 16.6. The zero-order valence-corrected chi connectivity index (χ0v) is 14.2. The number of fused-ring (bicyclic) bond motifs is 1. The van der Waals surface area contributed by atoms with E-state index in [1.54, 1.807) is 12.3 Å². The van der Waals surface area contributed by atoms with Gasteiger partial charge in [-0.25, -0.2) is 9.07 Å². The van der Waals surface area contributed by atoms with Gasteiger partial charge in [0.15, 0.2) is 18.4 Å². The number of nitrogens with zero attached hydrogens (tertiary/aromatic N) is 2. The maximum Gasteiger partial charge on any atom is 0.200 e. The van der Waals surface area contributed by atoms with Crippen molar-refractivity contribution < 1.29 is 18.3 Å². The molecular weight excluding hydrogens is 394 g/mol. The summed E-state index contributed by atoms with van der Waals surface area (Å²) in [7, 11) is 1.39. The van der Waals surface area contributed by atoms with Gasteiger partial charge in [-0.3, -0.25) is 0 Å². The van der Waals surface area contributed by atoms with Gasteiger partial charge in [-0.15, -0.1) is 0 Å². The average Bonchev–Trinajstić information content (AvgIpc) is 2.92. The van der Waals surface area contributed by atoms with Crippen molar-refractivity contribution in [2.24, 2.45) is 0 Å². The Bertz CT molecular complexity index is 886. The topological polar surface area (TPSA) is 36.3 Å². The van der Waals surface area contributed by atoms with Crippen molar-refractivity contribution in [3.8, 4) is 11.4 Å². The number of halogens is 4. The van der Waals surface area contributed by atoms with E-state index in [1.807, 2.05) is 6.07 Å². The maximum absolute atomic E-state index is 13.8. The van der Waals surface area contributed by atoms with Gasteiger partial charge in [0.2, 0.25) is 5.82 Å². The highest BCUT2D eigenvalue weighted by Gasteiger charge is 2.16. The number of benzene rings is 2. The molecule has 3 rings (SSSR count). The second-order valence-corrected chi connectivity index (χ2v) is 6.00. The monoisotopic (exact) mass is 402 g/mol. The van der Waals surface area contributed by atoms with Crippen LogP contribution < -0.4 is 4.74 Å². The lowest BCUT2D eigenvalue weighted by Gasteiger charge is -2.10. The van der Waals surface area contributed by atoms with Crippen LogP contribution in [0.5, 0.6) is 5.75 Å². The number of rotatable bonds is 4. The first-order valence-corrected chi connectivity index (χ1v) is 7.62. The standard InChI is InChI=1S/C15H10BrClF2N2O2/c1-22-7-23-13-5-10(4-12(18)14(13)19)21-15-8(6-20-21)2-9(16)3-11(15)17/h2-6H,7H2,1H3. The fourth-order valence-electron chi connectivity index (χ4n) is 2.18. The highest BCUT2D eigenvalue weighted by Crippen LogP contribution is 2.31. The first kappa shape index (κ1) is 16.2. The second-order valence-electron chi connectivity index (χ2n) is 4.67. The predicted octanol–water partition coefficient (Wildman–Crippen LogP) is 4.70. The van der Waals surface area contributed by atoms with Crippen molar-refractivity contribution in [2.45, 2.75) is 0 Å².